The van der Waals surface area contributed by atoms with Crippen molar-refractivity contribution in [1.82, 2.24) is 9.80 Å². The van der Waals surface area contributed by atoms with Gasteiger partial charge in [0.25, 0.3) is 0 Å². The standard InChI is InChI=1S/C8H16N2.H3O4P/c1-4-5-10-7-6-9(3)8(10)2;1-5(2,3)4/h6-8H,4-5H2,1-3H3;(H3,1,2,3,4). The van der Waals surface area contributed by atoms with E-state index in [1.165, 1.54) is 13.0 Å². The van der Waals surface area contributed by atoms with Gasteiger partial charge in [-0.25, -0.2) is 4.57 Å². The van der Waals surface area contributed by atoms with Crippen LogP contribution in [0.3, 0.4) is 0 Å². The molecule has 0 aromatic rings. The van der Waals surface area contributed by atoms with E-state index in [9.17, 15) is 0 Å². The third-order valence-electron chi connectivity index (χ3n) is 2.04. The predicted molar refractivity (Wildman–Crippen MR) is 57.6 cm³/mol. The maximum Gasteiger partial charge on any atom is 0.466 e. The lowest BCUT2D eigenvalue weighted by Gasteiger charge is -2.26. The van der Waals surface area contributed by atoms with Gasteiger partial charge in [0.15, 0.2) is 0 Å². The third-order valence-corrected chi connectivity index (χ3v) is 2.04. The normalized spacial score (nSPS) is 20.3. The summed E-state index contributed by atoms with van der Waals surface area (Å²) in [5.41, 5.74) is 0. The van der Waals surface area contributed by atoms with E-state index in [4.69, 9.17) is 19.2 Å². The smallest absolute Gasteiger partial charge is 0.359 e. The molecule has 3 N–H and O–H groups in total. The number of nitrogens with zero attached hydrogens (tertiary/aromatic N) is 2. The lowest BCUT2D eigenvalue weighted by molar-refractivity contribution is 0.195. The summed E-state index contributed by atoms with van der Waals surface area (Å²) < 4.78 is 8.88. The quantitative estimate of drug-likeness (QED) is 0.609. The van der Waals surface area contributed by atoms with Crippen molar-refractivity contribution in [3.63, 3.8) is 0 Å². The van der Waals surface area contributed by atoms with Crippen LogP contribution in [0, 0.1) is 0 Å². The first-order valence-corrected chi connectivity index (χ1v) is 6.26. The first-order valence-electron chi connectivity index (χ1n) is 4.70. The first kappa shape index (κ1) is 14.5. The van der Waals surface area contributed by atoms with Gasteiger partial charge in [0.05, 0.1) is 6.17 Å². The molecule has 0 bridgehead atoms. The fourth-order valence-electron chi connectivity index (χ4n) is 1.19. The molecule has 15 heavy (non-hydrogen) atoms. The van der Waals surface area contributed by atoms with Crippen LogP contribution in [0.1, 0.15) is 20.3 Å². The van der Waals surface area contributed by atoms with Crippen LogP contribution in [0.25, 0.3) is 0 Å². The van der Waals surface area contributed by atoms with Gasteiger partial charge in [0.2, 0.25) is 0 Å². The highest BCUT2D eigenvalue weighted by atomic mass is 31.2. The minimum Gasteiger partial charge on any atom is -0.359 e. The highest BCUT2D eigenvalue weighted by Gasteiger charge is 2.16. The summed E-state index contributed by atoms with van der Waals surface area (Å²) in [7, 11) is -2.53. The van der Waals surface area contributed by atoms with Gasteiger partial charge in [-0.15, -0.1) is 0 Å². The highest BCUT2D eigenvalue weighted by molar-refractivity contribution is 7.45. The predicted octanol–water partition coefficient (Wildman–Crippen LogP) is 0.532. The van der Waals surface area contributed by atoms with Crippen molar-refractivity contribution in [2.24, 2.45) is 0 Å². The maximum atomic E-state index is 8.88. The van der Waals surface area contributed by atoms with Crippen LogP contribution >= 0.6 is 7.82 Å². The molecule has 6 nitrogen and oxygen atoms in total. The van der Waals surface area contributed by atoms with Crippen LogP contribution in [0.4, 0.5) is 0 Å². The van der Waals surface area contributed by atoms with Gasteiger partial charge in [-0.05, 0) is 13.3 Å². The van der Waals surface area contributed by atoms with E-state index >= 15 is 0 Å². The average molecular weight is 238 g/mol. The van der Waals surface area contributed by atoms with Crippen LogP contribution in [0.15, 0.2) is 12.4 Å². The summed E-state index contributed by atoms with van der Waals surface area (Å²) in [4.78, 5) is 26.1. The molecule has 0 saturated heterocycles. The molecule has 0 spiro atoms. The van der Waals surface area contributed by atoms with Crippen LogP contribution in [-0.4, -0.2) is 44.2 Å². The van der Waals surface area contributed by atoms with Crippen LogP contribution < -0.4 is 0 Å². The molecule has 1 unspecified atom stereocenters. The maximum absolute atomic E-state index is 8.88. The molecular weight excluding hydrogens is 219 g/mol. The summed E-state index contributed by atoms with van der Waals surface area (Å²) in [6.45, 7) is 5.59. The van der Waals surface area contributed by atoms with Gasteiger partial charge in [-0.3, -0.25) is 0 Å². The van der Waals surface area contributed by atoms with Crippen molar-refractivity contribution in [1.29, 1.82) is 0 Å². The molecule has 7 heteroatoms. The number of hydrogen-bond acceptors (Lipinski definition) is 3. The molecule has 1 aliphatic heterocycles. The van der Waals surface area contributed by atoms with Crippen molar-refractivity contribution in [3.8, 4) is 0 Å². The summed E-state index contributed by atoms with van der Waals surface area (Å²) in [5, 5.41) is 0. The van der Waals surface area contributed by atoms with Gasteiger partial charge in [-0.2, -0.15) is 0 Å². The number of hydrogen-bond donors (Lipinski definition) is 3. The SMILES string of the molecule is CCCN1C=CN(C)C1C.O=P(O)(O)O. The molecule has 0 fully saturated rings. The molecule has 1 aliphatic rings. The van der Waals surface area contributed by atoms with Crippen molar-refractivity contribution < 1.29 is 19.2 Å². The minimum atomic E-state index is -4.64. The fraction of sp³-hybridized carbons (Fsp3) is 0.750. The highest BCUT2D eigenvalue weighted by Crippen LogP contribution is 2.25. The number of phosphoric acid groups is 1. The van der Waals surface area contributed by atoms with Crippen molar-refractivity contribution in [2.75, 3.05) is 13.6 Å². The Bertz CT molecular complexity index is 245. The summed E-state index contributed by atoms with van der Waals surface area (Å²) >= 11 is 0. The van der Waals surface area contributed by atoms with Gasteiger partial charge in [0, 0.05) is 26.0 Å². The minimum absolute atomic E-state index is 0.556. The molecule has 1 heterocycles. The lowest BCUT2D eigenvalue weighted by atomic mass is 10.4. The fourth-order valence-corrected chi connectivity index (χ4v) is 1.19. The Hall–Kier alpha value is -0.550. The van der Waals surface area contributed by atoms with E-state index < -0.39 is 7.82 Å². The topological polar surface area (TPSA) is 84.2 Å². The molecule has 1 rings (SSSR count). The monoisotopic (exact) mass is 238 g/mol. The van der Waals surface area contributed by atoms with E-state index in [0.717, 1.165) is 0 Å². The Morgan fingerprint density at radius 3 is 2.07 bits per heavy atom. The second kappa shape index (κ2) is 6.12. The van der Waals surface area contributed by atoms with Crippen LogP contribution in [0.2, 0.25) is 0 Å². The Labute approximate surface area is 90.1 Å². The molecular formula is C8H19N2O4P. The van der Waals surface area contributed by atoms with E-state index in [-0.39, 0.29) is 0 Å². The summed E-state index contributed by atoms with van der Waals surface area (Å²) in [6, 6.07) is 0. The van der Waals surface area contributed by atoms with E-state index in [1.54, 1.807) is 0 Å². The van der Waals surface area contributed by atoms with E-state index in [1.807, 2.05) is 0 Å². The summed E-state index contributed by atoms with van der Waals surface area (Å²) in [6.07, 6.45) is 6.07. The van der Waals surface area contributed by atoms with Gasteiger partial charge in [-0.1, -0.05) is 6.92 Å². The molecule has 1 atom stereocenters. The first-order chi connectivity index (χ1) is 6.75. The van der Waals surface area contributed by atoms with Gasteiger partial charge in [0.1, 0.15) is 0 Å². The molecule has 90 valence electrons. The van der Waals surface area contributed by atoms with Gasteiger partial charge < -0.3 is 24.5 Å². The molecule has 0 aromatic carbocycles. The van der Waals surface area contributed by atoms with Crippen molar-refractivity contribution >= 4 is 7.82 Å². The Balaban J connectivity index is 0.000000336. The average Bonchev–Trinajstić information content (AvgIpc) is 2.34. The van der Waals surface area contributed by atoms with Crippen LogP contribution in [0.5, 0.6) is 0 Å². The molecule has 0 aliphatic carbocycles. The molecule has 0 amide bonds. The number of rotatable bonds is 2. The Morgan fingerprint density at radius 1 is 1.33 bits per heavy atom. The zero-order valence-corrected chi connectivity index (χ0v) is 10.1. The van der Waals surface area contributed by atoms with Crippen molar-refractivity contribution in [3.05, 3.63) is 12.4 Å². The Kier molecular flexibility index (Phi) is 5.90. The van der Waals surface area contributed by atoms with Crippen LogP contribution in [-0.2, 0) is 4.57 Å². The van der Waals surface area contributed by atoms with Gasteiger partial charge >= 0.3 is 7.82 Å². The second-order valence-electron chi connectivity index (χ2n) is 3.35. The zero-order chi connectivity index (χ0) is 12.1. The lowest BCUT2D eigenvalue weighted by Crippen LogP contribution is -2.33. The van der Waals surface area contributed by atoms with E-state index in [0.29, 0.717) is 6.17 Å². The summed E-state index contributed by atoms with van der Waals surface area (Å²) in [5.74, 6) is 0. The largest absolute Gasteiger partial charge is 0.466 e. The van der Waals surface area contributed by atoms with E-state index in [2.05, 4.69) is 43.1 Å². The molecule has 0 aromatic heterocycles. The molecule has 0 radical (unpaired) electrons. The Morgan fingerprint density at radius 2 is 1.80 bits per heavy atom. The zero-order valence-electron chi connectivity index (χ0n) is 9.24. The third kappa shape index (κ3) is 7.39. The second-order valence-corrected chi connectivity index (χ2v) is 4.37. The molecule has 0 saturated carbocycles. The van der Waals surface area contributed by atoms with Crippen molar-refractivity contribution in [2.45, 2.75) is 26.4 Å².